The van der Waals surface area contributed by atoms with Crippen molar-refractivity contribution in [3.63, 3.8) is 0 Å². The average molecular weight is 386 g/mol. The molecule has 1 aromatic heterocycles. The van der Waals surface area contributed by atoms with E-state index in [-0.39, 0.29) is 11.8 Å². The molecule has 0 bridgehead atoms. The van der Waals surface area contributed by atoms with Crippen LogP contribution in [-0.4, -0.2) is 42.4 Å². The molecule has 1 aromatic carbocycles. The SMILES string of the molecule is COC(=O)c1ccc(C)c(NC(=O)[C@H]2CCCCN2C(=O)c2cccs2)c1. The fraction of sp³-hybridized carbons (Fsp3) is 0.350. The maximum Gasteiger partial charge on any atom is 0.337 e. The number of esters is 1. The smallest absolute Gasteiger partial charge is 0.337 e. The Balaban J connectivity index is 1.79. The molecule has 0 aliphatic carbocycles. The minimum absolute atomic E-state index is 0.107. The van der Waals surface area contributed by atoms with E-state index in [0.29, 0.717) is 29.1 Å². The van der Waals surface area contributed by atoms with Crippen molar-refractivity contribution in [1.82, 2.24) is 4.90 Å². The summed E-state index contributed by atoms with van der Waals surface area (Å²) in [6.45, 7) is 2.42. The summed E-state index contributed by atoms with van der Waals surface area (Å²) in [4.78, 5) is 39.8. The molecule has 1 saturated heterocycles. The van der Waals surface area contributed by atoms with Crippen LogP contribution in [0.4, 0.5) is 5.69 Å². The van der Waals surface area contributed by atoms with E-state index in [0.717, 1.165) is 18.4 Å². The predicted molar refractivity (Wildman–Crippen MR) is 104 cm³/mol. The minimum Gasteiger partial charge on any atom is -0.465 e. The molecule has 1 aliphatic rings. The number of rotatable bonds is 4. The Bertz CT molecular complexity index is 848. The topological polar surface area (TPSA) is 75.7 Å². The number of hydrogen-bond donors (Lipinski definition) is 1. The van der Waals surface area contributed by atoms with Gasteiger partial charge in [0.2, 0.25) is 5.91 Å². The third-order valence-electron chi connectivity index (χ3n) is 4.71. The molecule has 6 nitrogen and oxygen atoms in total. The van der Waals surface area contributed by atoms with Crippen LogP contribution in [0.25, 0.3) is 0 Å². The number of piperidine rings is 1. The first-order valence-corrected chi connectivity index (χ1v) is 9.73. The first-order chi connectivity index (χ1) is 13.0. The number of aryl methyl sites for hydroxylation is 1. The first kappa shape index (κ1) is 19.1. The van der Waals surface area contributed by atoms with E-state index in [2.05, 4.69) is 5.32 Å². The largest absolute Gasteiger partial charge is 0.465 e. The molecule has 1 N–H and O–H groups in total. The third-order valence-corrected chi connectivity index (χ3v) is 5.57. The van der Waals surface area contributed by atoms with Gasteiger partial charge in [-0.3, -0.25) is 9.59 Å². The van der Waals surface area contributed by atoms with Gasteiger partial charge in [0.15, 0.2) is 0 Å². The lowest BCUT2D eigenvalue weighted by Crippen LogP contribution is -2.49. The second kappa shape index (κ2) is 8.35. The van der Waals surface area contributed by atoms with Gasteiger partial charge in [-0.15, -0.1) is 11.3 Å². The lowest BCUT2D eigenvalue weighted by Gasteiger charge is -2.34. The van der Waals surface area contributed by atoms with Gasteiger partial charge >= 0.3 is 5.97 Å². The summed E-state index contributed by atoms with van der Waals surface area (Å²) >= 11 is 1.38. The molecular weight excluding hydrogens is 364 g/mol. The highest BCUT2D eigenvalue weighted by atomic mass is 32.1. The number of anilines is 1. The first-order valence-electron chi connectivity index (χ1n) is 8.85. The number of methoxy groups -OCH3 is 1. The van der Waals surface area contributed by atoms with Crippen molar-refractivity contribution in [1.29, 1.82) is 0 Å². The summed E-state index contributed by atoms with van der Waals surface area (Å²) in [5, 5.41) is 4.75. The van der Waals surface area contributed by atoms with Gasteiger partial charge in [0.25, 0.3) is 5.91 Å². The van der Waals surface area contributed by atoms with Gasteiger partial charge in [0, 0.05) is 12.2 Å². The van der Waals surface area contributed by atoms with E-state index in [1.165, 1.54) is 18.4 Å². The maximum absolute atomic E-state index is 12.9. The summed E-state index contributed by atoms with van der Waals surface area (Å²) in [6.07, 6.45) is 2.41. The number of thiophene rings is 1. The number of benzene rings is 1. The van der Waals surface area contributed by atoms with Crippen LogP contribution in [0.3, 0.4) is 0 Å². The normalized spacial score (nSPS) is 16.7. The highest BCUT2D eigenvalue weighted by molar-refractivity contribution is 7.12. The lowest BCUT2D eigenvalue weighted by atomic mass is 10.0. The van der Waals surface area contributed by atoms with Crippen LogP contribution in [0.5, 0.6) is 0 Å². The molecule has 27 heavy (non-hydrogen) atoms. The van der Waals surface area contributed by atoms with Gasteiger partial charge in [-0.1, -0.05) is 12.1 Å². The Labute approximate surface area is 162 Å². The molecule has 1 atom stereocenters. The van der Waals surface area contributed by atoms with E-state index in [1.807, 2.05) is 18.4 Å². The van der Waals surface area contributed by atoms with Crippen LogP contribution >= 0.6 is 11.3 Å². The summed E-state index contributed by atoms with van der Waals surface area (Å²) in [6, 6.07) is 8.11. The number of nitrogens with zero attached hydrogens (tertiary/aromatic N) is 1. The van der Waals surface area contributed by atoms with Crippen molar-refractivity contribution in [3.8, 4) is 0 Å². The van der Waals surface area contributed by atoms with E-state index in [4.69, 9.17) is 4.74 Å². The number of likely N-dealkylation sites (tertiary alicyclic amines) is 1. The predicted octanol–water partition coefficient (Wildman–Crippen LogP) is 3.48. The van der Waals surface area contributed by atoms with Crippen molar-refractivity contribution in [3.05, 3.63) is 51.7 Å². The molecule has 0 unspecified atom stereocenters. The van der Waals surface area contributed by atoms with E-state index >= 15 is 0 Å². The van der Waals surface area contributed by atoms with Crippen molar-refractivity contribution in [2.75, 3.05) is 19.0 Å². The second-order valence-electron chi connectivity index (χ2n) is 6.50. The van der Waals surface area contributed by atoms with Gasteiger partial charge in [-0.25, -0.2) is 4.79 Å². The monoisotopic (exact) mass is 386 g/mol. The molecule has 1 fully saturated rings. The molecule has 1 aliphatic heterocycles. The number of carbonyl (C=O) groups is 3. The summed E-state index contributed by atoms with van der Waals surface area (Å²) in [7, 11) is 1.32. The zero-order chi connectivity index (χ0) is 19.4. The maximum atomic E-state index is 12.9. The molecule has 142 valence electrons. The molecule has 0 saturated carbocycles. The zero-order valence-corrected chi connectivity index (χ0v) is 16.2. The Morgan fingerprint density at radius 3 is 2.74 bits per heavy atom. The highest BCUT2D eigenvalue weighted by Crippen LogP contribution is 2.24. The van der Waals surface area contributed by atoms with Crippen LogP contribution in [0.15, 0.2) is 35.7 Å². The standard InChI is InChI=1S/C20H22N2O4S/c1-13-8-9-14(20(25)26-2)12-15(13)21-18(23)16-6-3-4-10-22(16)19(24)17-7-5-11-27-17/h5,7-9,11-12,16H,3-4,6,10H2,1-2H3,(H,21,23)/t16-/m1/s1. The number of nitrogens with one attached hydrogen (secondary N) is 1. The van der Waals surface area contributed by atoms with Gasteiger partial charge < -0.3 is 15.0 Å². The Hall–Kier alpha value is -2.67. The average Bonchev–Trinajstić information content (AvgIpc) is 3.23. The minimum atomic E-state index is -0.519. The van der Waals surface area contributed by atoms with Crippen LogP contribution in [0, 0.1) is 6.92 Å². The molecular formula is C20H22N2O4S. The molecule has 2 aromatic rings. The van der Waals surface area contributed by atoms with E-state index < -0.39 is 12.0 Å². The van der Waals surface area contributed by atoms with Crippen molar-refractivity contribution in [2.45, 2.75) is 32.2 Å². The van der Waals surface area contributed by atoms with Gasteiger partial charge in [0.05, 0.1) is 17.6 Å². The van der Waals surface area contributed by atoms with Crippen LogP contribution in [-0.2, 0) is 9.53 Å². The molecule has 7 heteroatoms. The number of hydrogen-bond acceptors (Lipinski definition) is 5. The molecule has 0 radical (unpaired) electrons. The number of carbonyl (C=O) groups excluding carboxylic acids is 3. The molecule has 0 spiro atoms. The van der Waals surface area contributed by atoms with Crippen molar-refractivity contribution >= 4 is 34.8 Å². The van der Waals surface area contributed by atoms with Crippen molar-refractivity contribution in [2.24, 2.45) is 0 Å². The summed E-state index contributed by atoms with van der Waals surface area (Å²) < 4.78 is 4.74. The van der Waals surface area contributed by atoms with Gasteiger partial charge in [-0.2, -0.15) is 0 Å². The van der Waals surface area contributed by atoms with Gasteiger partial charge in [-0.05, 0) is 55.3 Å². The summed E-state index contributed by atoms with van der Waals surface area (Å²) in [5.41, 5.74) is 1.76. The molecule has 3 rings (SSSR count). The Kier molecular flexibility index (Phi) is 5.91. The Morgan fingerprint density at radius 2 is 2.04 bits per heavy atom. The molecule has 2 heterocycles. The van der Waals surface area contributed by atoms with Crippen molar-refractivity contribution < 1.29 is 19.1 Å². The zero-order valence-electron chi connectivity index (χ0n) is 15.4. The van der Waals surface area contributed by atoms with Crippen LogP contribution in [0.1, 0.15) is 44.9 Å². The van der Waals surface area contributed by atoms with Crippen LogP contribution in [0.2, 0.25) is 0 Å². The van der Waals surface area contributed by atoms with Gasteiger partial charge in [0.1, 0.15) is 6.04 Å². The molecule has 2 amide bonds. The Morgan fingerprint density at radius 1 is 1.22 bits per heavy atom. The summed E-state index contributed by atoms with van der Waals surface area (Å²) in [5.74, 6) is -0.799. The number of amides is 2. The number of ether oxygens (including phenoxy) is 1. The van der Waals surface area contributed by atoms with E-state index in [1.54, 1.807) is 29.2 Å². The second-order valence-corrected chi connectivity index (χ2v) is 7.45. The fourth-order valence-electron chi connectivity index (χ4n) is 3.21. The van der Waals surface area contributed by atoms with E-state index in [9.17, 15) is 14.4 Å². The van der Waals surface area contributed by atoms with Crippen LogP contribution < -0.4 is 5.32 Å². The highest BCUT2D eigenvalue weighted by Gasteiger charge is 2.33. The lowest BCUT2D eigenvalue weighted by molar-refractivity contribution is -0.121. The fourth-order valence-corrected chi connectivity index (χ4v) is 3.89. The third kappa shape index (κ3) is 4.19. The quantitative estimate of drug-likeness (QED) is 0.817.